The molecule has 2 aromatic carbocycles. The summed E-state index contributed by atoms with van der Waals surface area (Å²) in [4.78, 5) is 12.0. The largest absolute Gasteiger partial charge is 0.348 e. The minimum atomic E-state index is -0.0641. The number of hydrogen-bond donors (Lipinski definition) is 1. The van der Waals surface area contributed by atoms with Gasteiger partial charge in [-0.3, -0.25) is 4.79 Å². The van der Waals surface area contributed by atoms with Crippen LogP contribution in [0.3, 0.4) is 0 Å². The van der Waals surface area contributed by atoms with E-state index in [1.165, 1.54) is 0 Å². The van der Waals surface area contributed by atoms with Gasteiger partial charge in [0.05, 0.1) is 5.56 Å². The van der Waals surface area contributed by atoms with Crippen LogP contribution in [0, 0.1) is 6.92 Å². The summed E-state index contributed by atoms with van der Waals surface area (Å²) in [6.45, 7) is 2.54. The summed E-state index contributed by atoms with van der Waals surface area (Å²) in [6, 6.07) is 15.6. The van der Waals surface area contributed by atoms with E-state index in [1.807, 2.05) is 55.5 Å². The van der Waals surface area contributed by atoms with Crippen molar-refractivity contribution in [1.82, 2.24) is 5.32 Å². The lowest BCUT2D eigenvalue weighted by Gasteiger charge is -2.07. The number of benzene rings is 2. The van der Waals surface area contributed by atoms with Crippen LogP contribution in [0.5, 0.6) is 0 Å². The van der Waals surface area contributed by atoms with E-state index in [0.29, 0.717) is 12.1 Å². The Bertz CT molecular complexity index is 552. The van der Waals surface area contributed by atoms with E-state index < -0.39 is 0 Å². The molecule has 92 valence electrons. The van der Waals surface area contributed by atoms with E-state index in [2.05, 4.69) is 21.2 Å². The minimum absolute atomic E-state index is 0.0641. The van der Waals surface area contributed by atoms with Crippen LogP contribution in [0.25, 0.3) is 0 Å². The lowest BCUT2D eigenvalue weighted by atomic mass is 10.1. The molecule has 0 fully saturated rings. The molecule has 2 nitrogen and oxygen atoms in total. The number of halogens is 1. The zero-order chi connectivity index (χ0) is 13.0. The Kier molecular flexibility index (Phi) is 4.15. The van der Waals surface area contributed by atoms with Gasteiger partial charge in [0, 0.05) is 11.0 Å². The van der Waals surface area contributed by atoms with Crippen molar-refractivity contribution in [2.75, 3.05) is 0 Å². The van der Waals surface area contributed by atoms with E-state index in [-0.39, 0.29) is 5.91 Å². The molecule has 0 radical (unpaired) electrons. The van der Waals surface area contributed by atoms with Crippen molar-refractivity contribution < 1.29 is 4.79 Å². The zero-order valence-corrected chi connectivity index (χ0v) is 11.7. The lowest BCUT2D eigenvalue weighted by Crippen LogP contribution is -2.23. The van der Waals surface area contributed by atoms with Crippen LogP contribution in [0.15, 0.2) is 53.0 Å². The predicted octanol–water partition coefficient (Wildman–Crippen LogP) is 3.69. The molecule has 1 amide bonds. The summed E-state index contributed by atoms with van der Waals surface area (Å²) in [5, 5.41) is 2.91. The first-order valence-corrected chi connectivity index (χ1v) is 6.54. The summed E-state index contributed by atoms with van der Waals surface area (Å²) in [6.07, 6.45) is 0. The highest BCUT2D eigenvalue weighted by molar-refractivity contribution is 9.10. The van der Waals surface area contributed by atoms with Gasteiger partial charge in [0.2, 0.25) is 0 Å². The Morgan fingerprint density at radius 2 is 1.89 bits per heavy atom. The molecule has 0 unspecified atom stereocenters. The first-order valence-electron chi connectivity index (χ1n) is 5.75. The molecule has 0 saturated heterocycles. The molecule has 3 heteroatoms. The van der Waals surface area contributed by atoms with Crippen LogP contribution in [0.2, 0.25) is 0 Å². The summed E-state index contributed by atoms with van der Waals surface area (Å²) in [5.74, 6) is -0.0641. The van der Waals surface area contributed by atoms with Crippen molar-refractivity contribution in [3.8, 4) is 0 Å². The molecule has 2 aromatic rings. The van der Waals surface area contributed by atoms with Crippen molar-refractivity contribution >= 4 is 21.8 Å². The number of carbonyl (C=O) groups is 1. The molecule has 0 bridgehead atoms. The Hall–Kier alpha value is -1.61. The molecule has 0 saturated carbocycles. The first kappa shape index (κ1) is 12.8. The van der Waals surface area contributed by atoms with Gasteiger partial charge in [-0.25, -0.2) is 0 Å². The number of rotatable bonds is 3. The standard InChI is InChI=1S/C15H14BrNO/c1-11-7-8-13(14(16)9-11)15(18)17-10-12-5-3-2-4-6-12/h2-9H,10H2,1H3,(H,17,18). The molecule has 18 heavy (non-hydrogen) atoms. The van der Waals surface area contributed by atoms with E-state index >= 15 is 0 Å². The number of aryl methyl sites for hydroxylation is 1. The van der Waals surface area contributed by atoms with E-state index in [0.717, 1.165) is 15.6 Å². The SMILES string of the molecule is Cc1ccc(C(=O)NCc2ccccc2)c(Br)c1. The number of hydrogen-bond acceptors (Lipinski definition) is 1. The predicted molar refractivity (Wildman–Crippen MR) is 76.5 cm³/mol. The van der Waals surface area contributed by atoms with Crippen LogP contribution in [0.4, 0.5) is 0 Å². The van der Waals surface area contributed by atoms with Gasteiger partial charge in [0.15, 0.2) is 0 Å². The third kappa shape index (κ3) is 3.20. The second kappa shape index (κ2) is 5.83. The maximum absolute atomic E-state index is 12.0. The highest BCUT2D eigenvalue weighted by Gasteiger charge is 2.09. The van der Waals surface area contributed by atoms with Crippen LogP contribution >= 0.6 is 15.9 Å². The molecule has 0 aromatic heterocycles. The third-order valence-electron chi connectivity index (χ3n) is 2.67. The van der Waals surface area contributed by atoms with Crippen LogP contribution in [-0.4, -0.2) is 5.91 Å². The number of carbonyl (C=O) groups excluding carboxylic acids is 1. The molecular formula is C15H14BrNO. The quantitative estimate of drug-likeness (QED) is 0.920. The van der Waals surface area contributed by atoms with E-state index in [1.54, 1.807) is 0 Å². The molecule has 0 spiro atoms. The minimum Gasteiger partial charge on any atom is -0.348 e. The van der Waals surface area contributed by atoms with Gasteiger partial charge < -0.3 is 5.32 Å². The van der Waals surface area contributed by atoms with Crippen molar-refractivity contribution in [2.24, 2.45) is 0 Å². The summed E-state index contributed by atoms with van der Waals surface area (Å²) < 4.78 is 0.827. The molecule has 0 aliphatic carbocycles. The first-order chi connectivity index (χ1) is 8.66. The average molecular weight is 304 g/mol. The van der Waals surface area contributed by atoms with Gasteiger partial charge in [-0.1, -0.05) is 36.4 Å². The average Bonchev–Trinajstić information content (AvgIpc) is 2.37. The molecule has 0 aliphatic rings. The number of nitrogens with one attached hydrogen (secondary N) is 1. The Labute approximate surface area is 115 Å². The molecule has 0 aliphatic heterocycles. The van der Waals surface area contributed by atoms with Gasteiger partial charge in [-0.15, -0.1) is 0 Å². The molecule has 2 rings (SSSR count). The zero-order valence-electron chi connectivity index (χ0n) is 10.1. The smallest absolute Gasteiger partial charge is 0.252 e. The van der Waals surface area contributed by atoms with Gasteiger partial charge in [-0.2, -0.15) is 0 Å². The fraction of sp³-hybridized carbons (Fsp3) is 0.133. The normalized spacial score (nSPS) is 10.1. The highest BCUT2D eigenvalue weighted by Crippen LogP contribution is 2.18. The van der Waals surface area contributed by atoms with Crippen LogP contribution < -0.4 is 5.32 Å². The Morgan fingerprint density at radius 1 is 1.17 bits per heavy atom. The van der Waals surface area contributed by atoms with Gasteiger partial charge in [0.25, 0.3) is 5.91 Å². The van der Waals surface area contributed by atoms with Gasteiger partial charge in [0.1, 0.15) is 0 Å². The van der Waals surface area contributed by atoms with Crippen LogP contribution in [0.1, 0.15) is 21.5 Å². The van der Waals surface area contributed by atoms with Gasteiger partial charge in [-0.05, 0) is 46.1 Å². The van der Waals surface area contributed by atoms with E-state index in [4.69, 9.17) is 0 Å². The topological polar surface area (TPSA) is 29.1 Å². The summed E-state index contributed by atoms with van der Waals surface area (Å²) in [5.41, 5.74) is 2.88. The fourth-order valence-electron chi connectivity index (χ4n) is 1.68. The fourth-order valence-corrected chi connectivity index (χ4v) is 2.35. The second-order valence-electron chi connectivity index (χ2n) is 4.15. The second-order valence-corrected chi connectivity index (χ2v) is 5.01. The molecule has 0 heterocycles. The van der Waals surface area contributed by atoms with Crippen molar-refractivity contribution in [3.63, 3.8) is 0 Å². The molecule has 1 N–H and O–H groups in total. The summed E-state index contributed by atoms with van der Waals surface area (Å²) >= 11 is 3.41. The Morgan fingerprint density at radius 3 is 2.56 bits per heavy atom. The third-order valence-corrected chi connectivity index (χ3v) is 3.32. The molecule has 0 atom stereocenters. The summed E-state index contributed by atoms with van der Waals surface area (Å²) in [7, 11) is 0. The van der Waals surface area contributed by atoms with E-state index in [9.17, 15) is 4.79 Å². The van der Waals surface area contributed by atoms with Crippen molar-refractivity contribution in [1.29, 1.82) is 0 Å². The lowest BCUT2D eigenvalue weighted by molar-refractivity contribution is 0.0950. The van der Waals surface area contributed by atoms with Crippen molar-refractivity contribution in [2.45, 2.75) is 13.5 Å². The van der Waals surface area contributed by atoms with Crippen LogP contribution in [-0.2, 0) is 6.54 Å². The maximum atomic E-state index is 12.0. The highest BCUT2D eigenvalue weighted by atomic mass is 79.9. The number of amides is 1. The maximum Gasteiger partial charge on any atom is 0.252 e. The van der Waals surface area contributed by atoms with Gasteiger partial charge >= 0.3 is 0 Å². The Balaban J connectivity index is 2.04. The monoisotopic (exact) mass is 303 g/mol. The van der Waals surface area contributed by atoms with Crippen molar-refractivity contribution in [3.05, 3.63) is 69.7 Å². The molecular weight excluding hydrogens is 290 g/mol.